The van der Waals surface area contributed by atoms with E-state index >= 15 is 0 Å². The van der Waals surface area contributed by atoms with E-state index in [9.17, 15) is 14.9 Å². The van der Waals surface area contributed by atoms with Crippen LogP contribution in [0, 0.1) is 10.1 Å². The molecule has 0 bridgehead atoms. The number of hydrogen-bond donors (Lipinski definition) is 1. The van der Waals surface area contributed by atoms with Crippen LogP contribution in [0.1, 0.15) is 12.7 Å². The van der Waals surface area contributed by atoms with Crippen molar-refractivity contribution in [1.29, 1.82) is 0 Å². The summed E-state index contributed by atoms with van der Waals surface area (Å²) in [5.74, 6) is 0.439. The summed E-state index contributed by atoms with van der Waals surface area (Å²) in [6.07, 6.45) is 1.32. The summed E-state index contributed by atoms with van der Waals surface area (Å²) >= 11 is 6.02. The first-order valence-corrected chi connectivity index (χ1v) is 6.19. The molecule has 21 heavy (non-hydrogen) atoms. The van der Waals surface area contributed by atoms with Crippen LogP contribution in [0.25, 0.3) is 11.3 Å². The minimum Gasteiger partial charge on any atom is -0.455 e. The quantitative estimate of drug-likeness (QED) is 0.533. The monoisotopic (exact) mass is 307 g/mol. The van der Waals surface area contributed by atoms with Gasteiger partial charge in [-0.05, 0) is 18.2 Å². The Hall–Kier alpha value is -2.67. The van der Waals surface area contributed by atoms with Crippen molar-refractivity contribution in [3.63, 3.8) is 0 Å². The van der Waals surface area contributed by atoms with Gasteiger partial charge in [0.2, 0.25) is 5.91 Å². The van der Waals surface area contributed by atoms with Crippen molar-refractivity contribution >= 4 is 29.4 Å². The SMILES string of the molecule is CC(=O)N/N=C\c1ccc(-c2cc([N+](=O)[O-])ccc2Cl)o1. The molecule has 2 aromatic rings. The van der Waals surface area contributed by atoms with Gasteiger partial charge in [-0.3, -0.25) is 14.9 Å². The number of nitro benzene ring substituents is 1. The number of nitrogens with zero attached hydrogens (tertiary/aromatic N) is 2. The average molecular weight is 308 g/mol. The van der Waals surface area contributed by atoms with E-state index in [-0.39, 0.29) is 11.6 Å². The summed E-state index contributed by atoms with van der Waals surface area (Å²) in [6, 6.07) is 7.29. The molecule has 0 atom stereocenters. The number of hydrogen-bond acceptors (Lipinski definition) is 5. The molecule has 1 amide bonds. The van der Waals surface area contributed by atoms with E-state index in [0.29, 0.717) is 22.1 Å². The molecular formula is C13H10ClN3O4. The maximum Gasteiger partial charge on any atom is 0.270 e. The van der Waals surface area contributed by atoms with E-state index in [1.165, 1.54) is 31.3 Å². The van der Waals surface area contributed by atoms with E-state index in [1.54, 1.807) is 12.1 Å². The van der Waals surface area contributed by atoms with Gasteiger partial charge in [0.25, 0.3) is 5.69 Å². The molecule has 0 fully saturated rings. The number of nitro groups is 1. The van der Waals surface area contributed by atoms with Crippen molar-refractivity contribution < 1.29 is 14.1 Å². The number of carbonyl (C=O) groups is 1. The fraction of sp³-hybridized carbons (Fsp3) is 0.0769. The maximum atomic E-state index is 10.8. The molecule has 0 aliphatic heterocycles. The van der Waals surface area contributed by atoms with Crippen molar-refractivity contribution in [2.45, 2.75) is 6.92 Å². The molecule has 1 aromatic carbocycles. The van der Waals surface area contributed by atoms with E-state index in [1.807, 2.05) is 0 Å². The van der Waals surface area contributed by atoms with Crippen LogP contribution in [0.4, 0.5) is 5.69 Å². The van der Waals surface area contributed by atoms with Crippen LogP contribution < -0.4 is 5.43 Å². The molecule has 0 aliphatic carbocycles. The number of carbonyl (C=O) groups excluding carboxylic acids is 1. The zero-order chi connectivity index (χ0) is 15.4. The summed E-state index contributed by atoms with van der Waals surface area (Å²) in [5, 5.41) is 14.8. The molecule has 1 heterocycles. The number of amides is 1. The molecule has 8 heteroatoms. The molecule has 0 saturated carbocycles. The topological polar surface area (TPSA) is 97.7 Å². The highest BCUT2D eigenvalue weighted by atomic mass is 35.5. The lowest BCUT2D eigenvalue weighted by atomic mass is 10.1. The Morgan fingerprint density at radius 2 is 2.19 bits per heavy atom. The highest BCUT2D eigenvalue weighted by molar-refractivity contribution is 6.33. The molecule has 7 nitrogen and oxygen atoms in total. The number of furan rings is 1. The smallest absolute Gasteiger partial charge is 0.270 e. The van der Waals surface area contributed by atoms with Gasteiger partial charge in [-0.25, -0.2) is 5.43 Å². The summed E-state index contributed by atoms with van der Waals surface area (Å²) in [4.78, 5) is 20.9. The zero-order valence-electron chi connectivity index (χ0n) is 10.9. The van der Waals surface area contributed by atoms with Crippen LogP contribution in [0.5, 0.6) is 0 Å². The molecule has 0 radical (unpaired) electrons. The van der Waals surface area contributed by atoms with Crippen LogP contribution in [0.3, 0.4) is 0 Å². The summed E-state index contributed by atoms with van der Waals surface area (Å²) in [5.41, 5.74) is 2.56. The Balaban J connectivity index is 2.29. The van der Waals surface area contributed by atoms with Gasteiger partial charge >= 0.3 is 0 Å². The molecule has 0 aliphatic rings. The lowest BCUT2D eigenvalue weighted by Gasteiger charge is -2.00. The zero-order valence-corrected chi connectivity index (χ0v) is 11.6. The molecular weight excluding hydrogens is 298 g/mol. The van der Waals surface area contributed by atoms with Crippen molar-refractivity contribution in [3.8, 4) is 11.3 Å². The van der Waals surface area contributed by atoms with Crippen LogP contribution in [-0.2, 0) is 4.79 Å². The summed E-state index contributed by atoms with van der Waals surface area (Å²) in [7, 11) is 0. The second kappa shape index (κ2) is 6.19. The van der Waals surface area contributed by atoms with E-state index < -0.39 is 4.92 Å². The molecule has 108 valence electrons. The van der Waals surface area contributed by atoms with E-state index in [2.05, 4.69) is 10.5 Å². The number of benzene rings is 1. The Morgan fingerprint density at radius 1 is 1.43 bits per heavy atom. The van der Waals surface area contributed by atoms with Crippen molar-refractivity contribution in [2.75, 3.05) is 0 Å². The molecule has 0 saturated heterocycles. The predicted molar refractivity (Wildman–Crippen MR) is 77.2 cm³/mol. The van der Waals surface area contributed by atoms with E-state index in [4.69, 9.17) is 16.0 Å². The van der Waals surface area contributed by atoms with Gasteiger partial charge in [0.05, 0.1) is 16.2 Å². The van der Waals surface area contributed by atoms with Crippen LogP contribution in [0.15, 0.2) is 39.9 Å². The van der Waals surface area contributed by atoms with Crippen molar-refractivity contribution in [1.82, 2.24) is 5.43 Å². The Kier molecular flexibility index (Phi) is 4.34. The molecule has 2 rings (SSSR count). The van der Waals surface area contributed by atoms with Gasteiger partial charge in [-0.2, -0.15) is 5.10 Å². The lowest BCUT2D eigenvalue weighted by Crippen LogP contribution is -2.12. The highest BCUT2D eigenvalue weighted by Crippen LogP contribution is 2.32. The first kappa shape index (κ1) is 14.7. The number of halogens is 1. The molecule has 0 spiro atoms. The first-order valence-electron chi connectivity index (χ1n) is 5.81. The Bertz CT molecular complexity index is 724. The standard InChI is InChI=1S/C13H10ClN3O4/c1-8(18)16-15-7-10-3-5-13(21-10)11-6-9(17(19)20)2-4-12(11)14/h2-7H,1H3,(H,16,18)/b15-7-. The van der Waals surface area contributed by atoms with E-state index in [0.717, 1.165) is 0 Å². The Morgan fingerprint density at radius 3 is 2.86 bits per heavy atom. The van der Waals surface area contributed by atoms with Crippen LogP contribution in [0.2, 0.25) is 5.02 Å². The van der Waals surface area contributed by atoms with Gasteiger partial charge < -0.3 is 4.42 Å². The molecule has 1 aromatic heterocycles. The van der Waals surface area contributed by atoms with Crippen molar-refractivity contribution in [3.05, 3.63) is 51.2 Å². The first-order chi connectivity index (χ1) is 9.97. The minimum atomic E-state index is -0.512. The van der Waals surface area contributed by atoms with Crippen LogP contribution >= 0.6 is 11.6 Å². The predicted octanol–water partition coefficient (Wildman–Crippen LogP) is 2.98. The fourth-order valence-electron chi connectivity index (χ4n) is 1.57. The second-order valence-electron chi connectivity index (χ2n) is 4.05. The minimum absolute atomic E-state index is 0.0840. The third-order valence-corrected chi connectivity index (χ3v) is 2.80. The number of non-ortho nitro benzene ring substituents is 1. The largest absolute Gasteiger partial charge is 0.455 e. The number of nitrogens with one attached hydrogen (secondary N) is 1. The molecule has 1 N–H and O–H groups in total. The lowest BCUT2D eigenvalue weighted by molar-refractivity contribution is -0.384. The normalized spacial score (nSPS) is 10.8. The third-order valence-electron chi connectivity index (χ3n) is 2.47. The maximum absolute atomic E-state index is 10.8. The second-order valence-corrected chi connectivity index (χ2v) is 4.46. The van der Waals surface area contributed by atoms with Gasteiger partial charge in [-0.15, -0.1) is 0 Å². The number of hydrazone groups is 1. The highest BCUT2D eigenvalue weighted by Gasteiger charge is 2.13. The van der Waals surface area contributed by atoms with Crippen molar-refractivity contribution in [2.24, 2.45) is 5.10 Å². The summed E-state index contributed by atoms with van der Waals surface area (Å²) < 4.78 is 5.46. The van der Waals surface area contributed by atoms with Gasteiger partial charge in [0, 0.05) is 24.6 Å². The summed E-state index contributed by atoms with van der Waals surface area (Å²) in [6.45, 7) is 1.33. The van der Waals surface area contributed by atoms with Gasteiger partial charge in [0.15, 0.2) is 0 Å². The third kappa shape index (κ3) is 3.67. The van der Waals surface area contributed by atoms with Gasteiger partial charge in [-0.1, -0.05) is 11.6 Å². The molecule has 0 unspecified atom stereocenters. The Labute approximate surface area is 124 Å². The van der Waals surface area contributed by atoms with Gasteiger partial charge in [0.1, 0.15) is 11.5 Å². The average Bonchev–Trinajstić information content (AvgIpc) is 2.87. The fourth-order valence-corrected chi connectivity index (χ4v) is 1.78. The van der Waals surface area contributed by atoms with Crippen LogP contribution in [-0.4, -0.2) is 17.0 Å². The number of rotatable bonds is 4.